The molecule has 0 fully saturated rings. The highest BCUT2D eigenvalue weighted by atomic mass is 35.5. The molecule has 0 N–H and O–H groups in total. The summed E-state index contributed by atoms with van der Waals surface area (Å²) in [6.07, 6.45) is 0.708. The summed E-state index contributed by atoms with van der Waals surface area (Å²) in [7, 11) is 0. The second-order valence-corrected chi connectivity index (χ2v) is 4.48. The van der Waals surface area contributed by atoms with Gasteiger partial charge in [0.2, 0.25) is 11.6 Å². The van der Waals surface area contributed by atoms with Crippen molar-refractivity contribution in [3.63, 3.8) is 0 Å². The summed E-state index contributed by atoms with van der Waals surface area (Å²) >= 11 is 5.80. The van der Waals surface area contributed by atoms with Crippen molar-refractivity contribution < 1.29 is 9.66 Å². The number of nitro benzene ring substituents is 1. The third-order valence-electron chi connectivity index (χ3n) is 2.63. The van der Waals surface area contributed by atoms with Crippen LogP contribution >= 0.6 is 11.6 Å². The van der Waals surface area contributed by atoms with E-state index in [1.54, 1.807) is 19.1 Å². The SMILES string of the molecule is CCc1ccc(Oc2cc(Cl)nc(C)n2)c([N+](=O)[O-])c1. The van der Waals surface area contributed by atoms with E-state index < -0.39 is 4.92 Å². The molecule has 20 heavy (non-hydrogen) atoms. The first-order valence-corrected chi connectivity index (χ1v) is 6.33. The summed E-state index contributed by atoms with van der Waals surface area (Å²) in [6.45, 7) is 3.58. The molecule has 0 spiro atoms. The van der Waals surface area contributed by atoms with E-state index >= 15 is 0 Å². The molecule has 1 heterocycles. The van der Waals surface area contributed by atoms with Crippen molar-refractivity contribution in [2.45, 2.75) is 20.3 Å². The van der Waals surface area contributed by atoms with E-state index in [4.69, 9.17) is 16.3 Å². The van der Waals surface area contributed by atoms with Gasteiger partial charge in [0, 0.05) is 12.1 Å². The monoisotopic (exact) mass is 293 g/mol. The van der Waals surface area contributed by atoms with Gasteiger partial charge in [-0.1, -0.05) is 24.6 Å². The lowest BCUT2D eigenvalue weighted by atomic mass is 10.1. The molecular formula is C13H12ClN3O3. The van der Waals surface area contributed by atoms with Crippen LogP contribution in [-0.2, 0) is 6.42 Å². The molecule has 0 aliphatic carbocycles. The topological polar surface area (TPSA) is 78.2 Å². The Morgan fingerprint density at radius 3 is 2.70 bits per heavy atom. The highest BCUT2D eigenvalue weighted by Crippen LogP contribution is 2.32. The number of nitro groups is 1. The largest absolute Gasteiger partial charge is 0.432 e. The fourth-order valence-corrected chi connectivity index (χ4v) is 1.90. The van der Waals surface area contributed by atoms with Crippen molar-refractivity contribution in [2.24, 2.45) is 0 Å². The molecule has 0 amide bonds. The Kier molecular flexibility index (Phi) is 4.14. The standard InChI is InChI=1S/C13H12ClN3O3/c1-3-9-4-5-11(10(6-9)17(18)19)20-13-7-12(14)15-8(2)16-13/h4-7H,3H2,1-2H3. The lowest BCUT2D eigenvalue weighted by molar-refractivity contribution is -0.385. The average molecular weight is 294 g/mol. The van der Waals surface area contributed by atoms with Gasteiger partial charge >= 0.3 is 5.69 Å². The highest BCUT2D eigenvalue weighted by molar-refractivity contribution is 6.29. The van der Waals surface area contributed by atoms with Crippen LogP contribution in [0.3, 0.4) is 0 Å². The molecule has 0 bridgehead atoms. The van der Waals surface area contributed by atoms with Gasteiger partial charge in [0.25, 0.3) is 0 Å². The van der Waals surface area contributed by atoms with Crippen molar-refractivity contribution in [3.05, 3.63) is 50.9 Å². The fraction of sp³-hybridized carbons (Fsp3) is 0.231. The van der Waals surface area contributed by atoms with Gasteiger partial charge in [-0.15, -0.1) is 0 Å². The maximum absolute atomic E-state index is 11.1. The number of ether oxygens (including phenoxy) is 1. The molecule has 104 valence electrons. The van der Waals surface area contributed by atoms with Crippen molar-refractivity contribution in [1.82, 2.24) is 9.97 Å². The van der Waals surface area contributed by atoms with E-state index in [0.29, 0.717) is 12.2 Å². The third kappa shape index (κ3) is 3.21. The van der Waals surface area contributed by atoms with Gasteiger partial charge < -0.3 is 4.74 Å². The summed E-state index contributed by atoms with van der Waals surface area (Å²) in [5.41, 5.74) is 0.762. The smallest absolute Gasteiger partial charge is 0.311 e. The second kappa shape index (κ2) is 5.83. The third-order valence-corrected chi connectivity index (χ3v) is 2.82. The molecule has 6 nitrogen and oxygen atoms in total. The molecular weight excluding hydrogens is 282 g/mol. The average Bonchev–Trinajstić information content (AvgIpc) is 2.37. The zero-order valence-corrected chi connectivity index (χ0v) is 11.7. The van der Waals surface area contributed by atoms with Gasteiger partial charge in [0.1, 0.15) is 11.0 Å². The fourth-order valence-electron chi connectivity index (χ4n) is 1.68. The molecule has 0 aliphatic heterocycles. The van der Waals surface area contributed by atoms with Crippen molar-refractivity contribution in [3.8, 4) is 11.6 Å². The Balaban J connectivity index is 2.39. The first-order chi connectivity index (χ1) is 9.49. The lowest BCUT2D eigenvalue weighted by Gasteiger charge is -2.07. The van der Waals surface area contributed by atoms with Crippen molar-refractivity contribution >= 4 is 17.3 Å². The van der Waals surface area contributed by atoms with Crippen LogP contribution in [0.1, 0.15) is 18.3 Å². The minimum absolute atomic E-state index is 0.100. The number of hydrogen-bond donors (Lipinski definition) is 0. The molecule has 2 rings (SSSR count). The molecule has 2 aromatic rings. The van der Waals surface area contributed by atoms with Crippen LogP contribution in [0.2, 0.25) is 5.15 Å². The predicted octanol–water partition coefficient (Wildman–Crippen LogP) is 3.70. The maximum atomic E-state index is 11.1. The Labute approximate surface area is 120 Å². The number of aromatic nitrogens is 2. The normalized spacial score (nSPS) is 10.3. The van der Waals surface area contributed by atoms with Crippen LogP contribution in [0.4, 0.5) is 5.69 Å². The summed E-state index contributed by atoms with van der Waals surface area (Å²) in [4.78, 5) is 18.5. The zero-order valence-electron chi connectivity index (χ0n) is 11.0. The predicted molar refractivity (Wildman–Crippen MR) is 74.3 cm³/mol. The van der Waals surface area contributed by atoms with E-state index in [1.807, 2.05) is 6.92 Å². The van der Waals surface area contributed by atoms with Gasteiger partial charge in [0.15, 0.2) is 0 Å². The van der Waals surface area contributed by atoms with Crippen molar-refractivity contribution in [1.29, 1.82) is 0 Å². The minimum atomic E-state index is -0.482. The number of halogens is 1. The number of benzene rings is 1. The van der Waals surface area contributed by atoms with Crippen LogP contribution in [-0.4, -0.2) is 14.9 Å². The molecule has 0 saturated carbocycles. The molecule has 7 heteroatoms. The Hall–Kier alpha value is -2.21. The van der Waals surface area contributed by atoms with E-state index in [9.17, 15) is 10.1 Å². The van der Waals surface area contributed by atoms with Crippen LogP contribution in [0, 0.1) is 17.0 Å². The van der Waals surface area contributed by atoms with Gasteiger partial charge in [0.05, 0.1) is 4.92 Å². The molecule has 0 atom stereocenters. The first-order valence-electron chi connectivity index (χ1n) is 5.96. The second-order valence-electron chi connectivity index (χ2n) is 4.09. The molecule has 0 unspecified atom stereocenters. The first kappa shape index (κ1) is 14.2. The molecule has 0 radical (unpaired) electrons. The molecule has 0 aliphatic rings. The van der Waals surface area contributed by atoms with Crippen LogP contribution in [0.25, 0.3) is 0 Å². The summed E-state index contributed by atoms with van der Waals surface area (Å²) in [6, 6.07) is 6.23. The highest BCUT2D eigenvalue weighted by Gasteiger charge is 2.17. The lowest BCUT2D eigenvalue weighted by Crippen LogP contribution is -1.97. The van der Waals surface area contributed by atoms with E-state index in [-0.39, 0.29) is 22.5 Å². The van der Waals surface area contributed by atoms with E-state index in [1.165, 1.54) is 12.1 Å². The Morgan fingerprint density at radius 1 is 1.35 bits per heavy atom. The van der Waals surface area contributed by atoms with E-state index in [2.05, 4.69) is 9.97 Å². The van der Waals surface area contributed by atoms with Crippen LogP contribution in [0.5, 0.6) is 11.6 Å². The van der Waals surface area contributed by atoms with Gasteiger partial charge in [-0.3, -0.25) is 10.1 Å². The Morgan fingerprint density at radius 2 is 2.10 bits per heavy atom. The number of nitrogens with zero attached hydrogens (tertiary/aromatic N) is 3. The number of aryl methyl sites for hydroxylation is 2. The number of rotatable bonds is 4. The Bertz CT molecular complexity index is 641. The summed E-state index contributed by atoms with van der Waals surface area (Å²) in [5.74, 6) is 0.733. The summed E-state index contributed by atoms with van der Waals surface area (Å²) in [5, 5.41) is 11.3. The molecule has 0 saturated heterocycles. The van der Waals surface area contributed by atoms with E-state index in [0.717, 1.165) is 5.56 Å². The van der Waals surface area contributed by atoms with Crippen LogP contribution < -0.4 is 4.74 Å². The van der Waals surface area contributed by atoms with Gasteiger partial charge in [-0.2, -0.15) is 4.98 Å². The van der Waals surface area contributed by atoms with Gasteiger partial charge in [-0.05, 0) is 25.0 Å². The van der Waals surface area contributed by atoms with Crippen molar-refractivity contribution in [2.75, 3.05) is 0 Å². The minimum Gasteiger partial charge on any atom is -0.432 e. The molecule has 1 aromatic carbocycles. The quantitative estimate of drug-likeness (QED) is 0.488. The summed E-state index contributed by atoms with van der Waals surface area (Å²) < 4.78 is 5.45. The maximum Gasteiger partial charge on any atom is 0.311 e. The number of hydrogen-bond acceptors (Lipinski definition) is 5. The van der Waals surface area contributed by atoms with Gasteiger partial charge in [-0.25, -0.2) is 4.98 Å². The van der Waals surface area contributed by atoms with Crippen LogP contribution in [0.15, 0.2) is 24.3 Å². The molecule has 1 aromatic heterocycles. The zero-order chi connectivity index (χ0) is 14.7.